The van der Waals surface area contributed by atoms with Crippen molar-refractivity contribution < 1.29 is 4.39 Å². The Hall–Kier alpha value is -1.22. The van der Waals surface area contributed by atoms with Crippen molar-refractivity contribution in [3.8, 4) is 0 Å². The van der Waals surface area contributed by atoms with Crippen molar-refractivity contribution in [2.24, 2.45) is 4.99 Å². The lowest BCUT2D eigenvalue weighted by atomic mass is 10.1. The molecule has 2 N–H and O–H groups in total. The molecule has 1 aromatic carbocycles. The van der Waals surface area contributed by atoms with Gasteiger partial charge in [0.25, 0.3) is 0 Å². The van der Waals surface area contributed by atoms with E-state index in [0.29, 0.717) is 12.1 Å². The van der Waals surface area contributed by atoms with E-state index in [-0.39, 0.29) is 35.8 Å². The number of rotatable bonds is 6. The van der Waals surface area contributed by atoms with Gasteiger partial charge in [-0.3, -0.25) is 4.99 Å². The fraction of sp³-hybridized carbons (Fsp3) is 0.444. The Balaban J connectivity index is 0.00000312. The topological polar surface area (TPSA) is 49.3 Å². The molecule has 138 valence electrons. The first-order valence-electron chi connectivity index (χ1n) is 8.21. The molecule has 1 atom stereocenters. The number of guanidine groups is 1. The number of aromatic nitrogens is 1. The number of nitrogens with zero attached hydrogens (tertiary/aromatic N) is 2. The maximum absolute atomic E-state index is 13.7. The molecule has 7 heteroatoms. The minimum atomic E-state index is -0.179. The lowest BCUT2D eigenvalue weighted by Crippen LogP contribution is -2.39. The van der Waals surface area contributed by atoms with Crippen LogP contribution in [-0.2, 0) is 6.42 Å². The summed E-state index contributed by atoms with van der Waals surface area (Å²) in [5.74, 6) is 0.555. The zero-order valence-corrected chi connectivity index (χ0v) is 18.2. The number of hydrogen-bond acceptors (Lipinski definition) is 3. The van der Waals surface area contributed by atoms with Crippen molar-refractivity contribution >= 4 is 41.3 Å². The maximum atomic E-state index is 13.7. The summed E-state index contributed by atoms with van der Waals surface area (Å²) in [5, 5.41) is 9.70. The number of hydrogen-bond donors (Lipinski definition) is 2. The summed E-state index contributed by atoms with van der Waals surface area (Å²) < 4.78 is 13.7. The molecule has 2 rings (SSSR count). The molecule has 0 radical (unpaired) electrons. The third-order valence-electron chi connectivity index (χ3n) is 3.70. The zero-order chi connectivity index (χ0) is 17.5. The van der Waals surface area contributed by atoms with Gasteiger partial charge in [-0.1, -0.05) is 12.1 Å². The quantitative estimate of drug-likeness (QED) is 0.370. The fourth-order valence-corrected chi connectivity index (χ4v) is 2.94. The molecule has 0 fully saturated rings. The second kappa shape index (κ2) is 10.7. The number of benzene rings is 1. The first kappa shape index (κ1) is 21.8. The standard InChI is InChI=1S/C18H25FN4S.HI/c1-5-20-18(21-9-8-16-11-24-14(4)23-16)22-13(3)15-7-6-12(2)17(19)10-15;/h6-7,10-11,13H,5,8-9H2,1-4H3,(H2,20,21,22);1H. The highest BCUT2D eigenvalue weighted by Crippen LogP contribution is 2.16. The SMILES string of the molecule is CCNC(=NCCc1csc(C)n1)NC(C)c1ccc(C)c(F)c1.I. The van der Waals surface area contributed by atoms with Crippen LogP contribution in [0.25, 0.3) is 0 Å². The predicted molar refractivity (Wildman–Crippen MR) is 115 cm³/mol. The molecule has 1 unspecified atom stereocenters. The van der Waals surface area contributed by atoms with Gasteiger partial charge in [0.1, 0.15) is 5.82 Å². The third kappa shape index (κ3) is 6.89. The van der Waals surface area contributed by atoms with Gasteiger partial charge in [-0.15, -0.1) is 35.3 Å². The van der Waals surface area contributed by atoms with Crippen LogP contribution in [0.2, 0.25) is 0 Å². The van der Waals surface area contributed by atoms with Gasteiger partial charge in [0.15, 0.2) is 5.96 Å². The van der Waals surface area contributed by atoms with Crippen LogP contribution in [0.15, 0.2) is 28.6 Å². The van der Waals surface area contributed by atoms with Crippen LogP contribution < -0.4 is 10.6 Å². The molecule has 0 bridgehead atoms. The summed E-state index contributed by atoms with van der Waals surface area (Å²) in [4.78, 5) is 9.04. The number of halogens is 2. The Kier molecular flexibility index (Phi) is 9.34. The second-order valence-corrected chi connectivity index (χ2v) is 6.81. The van der Waals surface area contributed by atoms with E-state index in [0.717, 1.165) is 35.2 Å². The summed E-state index contributed by atoms with van der Waals surface area (Å²) in [5.41, 5.74) is 2.63. The van der Waals surface area contributed by atoms with Crippen molar-refractivity contribution in [2.75, 3.05) is 13.1 Å². The van der Waals surface area contributed by atoms with Gasteiger partial charge < -0.3 is 10.6 Å². The Morgan fingerprint density at radius 1 is 1.36 bits per heavy atom. The Morgan fingerprint density at radius 2 is 2.12 bits per heavy atom. The van der Waals surface area contributed by atoms with E-state index in [4.69, 9.17) is 0 Å². The molecule has 0 aliphatic heterocycles. The number of nitrogens with one attached hydrogen (secondary N) is 2. The molecule has 0 saturated carbocycles. The minimum absolute atomic E-state index is 0. The molecule has 1 heterocycles. The normalized spacial score (nSPS) is 12.4. The average molecular weight is 476 g/mol. The molecule has 0 aliphatic rings. The van der Waals surface area contributed by atoms with E-state index in [1.807, 2.05) is 26.8 Å². The highest BCUT2D eigenvalue weighted by atomic mass is 127. The molecule has 25 heavy (non-hydrogen) atoms. The van der Waals surface area contributed by atoms with Crippen LogP contribution in [0.4, 0.5) is 4.39 Å². The molecule has 1 aromatic heterocycles. The third-order valence-corrected chi connectivity index (χ3v) is 4.52. The monoisotopic (exact) mass is 476 g/mol. The molecule has 0 spiro atoms. The van der Waals surface area contributed by atoms with Gasteiger partial charge in [-0.25, -0.2) is 9.37 Å². The lowest BCUT2D eigenvalue weighted by molar-refractivity contribution is 0.607. The van der Waals surface area contributed by atoms with Crippen molar-refractivity contribution in [1.82, 2.24) is 15.6 Å². The zero-order valence-electron chi connectivity index (χ0n) is 15.1. The first-order chi connectivity index (χ1) is 11.5. The average Bonchev–Trinajstić information content (AvgIpc) is 2.95. The number of aryl methyl sites for hydroxylation is 2. The minimum Gasteiger partial charge on any atom is -0.357 e. The van der Waals surface area contributed by atoms with Crippen molar-refractivity contribution in [2.45, 2.75) is 40.2 Å². The van der Waals surface area contributed by atoms with E-state index in [1.165, 1.54) is 0 Å². The smallest absolute Gasteiger partial charge is 0.191 e. The summed E-state index contributed by atoms with van der Waals surface area (Å²) in [7, 11) is 0. The molecule has 2 aromatic rings. The number of thiazole rings is 1. The van der Waals surface area contributed by atoms with E-state index in [9.17, 15) is 4.39 Å². The summed E-state index contributed by atoms with van der Waals surface area (Å²) >= 11 is 1.66. The Bertz CT molecular complexity index is 702. The summed E-state index contributed by atoms with van der Waals surface area (Å²) in [6.45, 7) is 9.23. The van der Waals surface area contributed by atoms with Gasteiger partial charge in [0.2, 0.25) is 0 Å². The fourth-order valence-electron chi connectivity index (χ4n) is 2.29. The van der Waals surface area contributed by atoms with Crippen molar-refractivity contribution in [3.63, 3.8) is 0 Å². The van der Waals surface area contributed by atoms with Crippen LogP contribution in [-0.4, -0.2) is 24.0 Å². The van der Waals surface area contributed by atoms with Crippen LogP contribution in [0.1, 0.15) is 41.7 Å². The van der Waals surface area contributed by atoms with Gasteiger partial charge in [-0.05, 0) is 44.9 Å². The maximum Gasteiger partial charge on any atom is 0.191 e. The highest BCUT2D eigenvalue weighted by Gasteiger charge is 2.09. The lowest BCUT2D eigenvalue weighted by Gasteiger charge is -2.18. The van der Waals surface area contributed by atoms with Gasteiger partial charge in [0.05, 0.1) is 16.7 Å². The van der Waals surface area contributed by atoms with Crippen LogP contribution in [0.3, 0.4) is 0 Å². The first-order valence-corrected chi connectivity index (χ1v) is 9.09. The van der Waals surface area contributed by atoms with Crippen LogP contribution in [0, 0.1) is 19.7 Å². The molecular formula is C18H26FIN4S. The van der Waals surface area contributed by atoms with Gasteiger partial charge in [-0.2, -0.15) is 0 Å². The highest BCUT2D eigenvalue weighted by molar-refractivity contribution is 14.0. The van der Waals surface area contributed by atoms with Crippen LogP contribution >= 0.6 is 35.3 Å². The van der Waals surface area contributed by atoms with E-state index in [1.54, 1.807) is 30.4 Å². The van der Waals surface area contributed by atoms with Gasteiger partial charge in [0, 0.05) is 24.9 Å². The Labute approximate surface area is 170 Å². The van der Waals surface area contributed by atoms with Crippen LogP contribution in [0.5, 0.6) is 0 Å². The molecule has 0 saturated heterocycles. The second-order valence-electron chi connectivity index (χ2n) is 5.74. The molecular weight excluding hydrogens is 450 g/mol. The van der Waals surface area contributed by atoms with E-state index >= 15 is 0 Å². The Morgan fingerprint density at radius 3 is 2.72 bits per heavy atom. The molecule has 4 nitrogen and oxygen atoms in total. The van der Waals surface area contributed by atoms with Gasteiger partial charge >= 0.3 is 0 Å². The largest absolute Gasteiger partial charge is 0.357 e. The van der Waals surface area contributed by atoms with Crippen molar-refractivity contribution in [3.05, 3.63) is 51.2 Å². The van der Waals surface area contributed by atoms with E-state index in [2.05, 4.69) is 26.0 Å². The number of aliphatic imine (C=N–C) groups is 1. The van der Waals surface area contributed by atoms with Crippen molar-refractivity contribution in [1.29, 1.82) is 0 Å². The predicted octanol–water partition coefficient (Wildman–Crippen LogP) is 4.38. The molecule has 0 aliphatic carbocycles. The summed E-state index contributed by atoms with van der Waals surface area (Å²) in [6.07, 6.45) is 0.814. The van der Waals surface area contributed by atoms with E-state index < -0.39 is 0 Å². The molecule has 0 amide bonds. The summed E-state index contributed by atoms with van der Waals surface area (Å²) in [6, 6.07) is 5.29.